The van der Waals surface area contributed by atoms with E-state index in [0.29, 0.717) is 0 Å². The molecule has 0 spiro atoms. The van der Waals surface area contributed by atoms with Crippen LogP contribution in [0.4, 0.5) is 0 Å². The summed E-state index contributed by atoms with van der Waals surface area (Å²) in [6.07, 6.45) is -3.13. The Morgan fingerprint density at radius 2 is 1.62 bits per heavy atom. The summed E-state index contributed by atoms with van der Waals surface area (Å²) in [5.41, 5.74) is 5.27. The summed E-state index contributed by atoms with van der Waals surface area (Å²) in [7, 11) is 0. The third kappa shape index (κ3) is 8.65. The van der Waals surface area contributed by atoms with Crippen molar-refractivity contribution in [3.8, 4) is 0 Å². The van der Waals surface area contributed by atoms with E-state index in [1.165, 1.54) is 6.92 Å². The number of carboxylic acid groups (broad SMARTS) is 2. The molecule has 0 radical (unpaired) electrons. The zero-order valence-electron chi connectivity index (χ0n) is 14.3. The predicted octanol–water partition coefficient (Wildman–Crippen LogP) is -2.49. The van der Waals surface area contributed by atoms with Crippen molar-refractivity contribution in [2.45, 2.75) is 38.3 Å². The lowest BCUT2D eigenvalue weighted by Gasteiger charge is -2.18. The Morgan fingerprint density at radius 3 is 2.04 bits per heavy atom. The largest absolute Gasteiger partial charge is 0.481 e. The van der Waals surface area contributed by atoms with Gasteiger partial charge in [-0.2, -0.15) is 0 Å². The zero-order chi connectivity index (χ0) is 20.4. The molecule has 0 aliphatic heterocycles. The average Bonchev–Trinajstić information content (AvgIpc) is 2.54. The van der Waals surface area contributed by atoms with Crippen LogP contribution < -0.4 is 11.1 Å². The quantitative estimate of drug-likeness (QED) is 0.199. The molecule has 0 aromatic heterocycles. The number of aliphatic hydroxyl groups is 2. The Hall–Kier alpha value is -2.37. The number of amides is 1. The Kier molecular flexibility index (Phi) is 10.3. The van der Waals surface area contributed by atoms with Gasteiger partial charge in [0, 0.05) is 12.8 Å². The van der Waals surface area contributed by atoms with E-state index in [0.717, 1.165) is 0 Å². The fourth-order valence-electron chi connectivity index (χ4n) is 2.09. The number of nitrogens with two attached hydrogens (primary N) is 1. The monoisotopic (exact) mass is 376 g/mol. The van der Waals surface area contributed by atoms with Crippen LogP contribution in [0.1, 0.15) is 26.2 Å². The van der Waals surface area contributed by atoms with Gasteiger partial charge in [0.2, 0.25) is 5.91 Å². The highest BCUT2D eigenvalue weighted by molar-refractivity contribution is 5.93. The first-order valence-electron chi connectivity index (χ1n) is 7.80. The van der Waals surface area contributed by atoms with E-state index in [4.69, 9.17) is 21.1 Å². The Morgan fingerprint density at radius 1 is 1.04 bits per heavy atom. The van der Waals surface area contributed by atoms with Gasteiger partial charge in [0.1, 0.15) is 5.78 Å². The van der Waals surface area contributed by atoms with Crippen molar-refractivity contribution in [3.05, 3.63) is 0 Å². The summed E-state index contributed by atoms with van der Waals surface area (Å²) in [5, 5.41) is 38.1. The summed E-state index contributed by atoms with van der Waals surface area (Å²) in [6, 6.07) is -1.20. The lowest BCUT2D eigenvalue weighted by atomic mass is 9.90. The Labute approximate surface area is 149 Å². The zero-order valence-corrected chi connectivity index (χ0v) is 14.3. The number of carbonyl (C=O) groups excluding carboxylic acids is 3. The molecule has 1 unspecified atom stereocenters. The molecule has 4 atom stereocenters. The third-order valence-corrected chi connectivity index (χ3v) is 3.66. The number of ketones is 2. The van der Waals surface area contributed by atoms with E-state index in [1.807, 2.05) is 0 Å². The molecule has 0 aliphatic carbocycles. The van der Waals surface area contributed by atoms with Crippen molar-refractivity contribution in [1.29, 1.82) is 0 Å². The van der Waals surface area contributed by atoms with E-state index in [-0.39, 0.29) is 0 Å². The number of carboxylic acids is 2. The van der Waals surface area contributed by atoms with Gasteiger partial charge in [0.25, 0.3) is 0 Å². The second kappa shape index (κ2) is 11.3. The molecule has 0 saturated carbocycles. The smallest absolute Gasteiger partial charge is 0.309 e. The van der Waals surface area contributed by atoms with Gasteiger partial charge in [-0.05, 0) is 6.92 Å². The van der Waals surface area contributed by atoms with Crippen LogP contribution in [0, 0.1) is 11.8 Å². The first kappa shape index (κ1) is 23.6. The van der Waals surface area contributed by atoms with Gasteiger partial charge in [0.05, 0.1) is 43.6 Å². The molecule has 0 heterocycles. The summed E-state index contributed by atoms with van der Waals surface area (Å²) in [5.74, 6) is -7.72. The molecule has 11 heteroatoms. The number of rotatable bonds is 13. The van der Waals surface area contributed by atoms with Crippen LogP contribution in [0.3, 0.4) is 0 Å². The number of hydrogen-bond donors (Lipinski definition) is 6. The molecule has 7 N–H and O–H groups in total. The molecule has 0 aliphatic rings. The third-order valence-electron chi connectivity index (χ3n) is 3.66. The minimum Gasteiger partial charge on any atom is -0.481 e. The van der Waals surface area contributed by atoms with Crippen molar-refractivity contribution < 1.29 is 44.4 Å². The number of carbonyl (C=O) groups is 5. The molecule has 0 aromatic carbocycles. The maximum Gasteiger partial charge on any atom is 0.309 e. The SMILES string of the molecule is CC(O)[C@H](CC(=O)C[C@@H](CC(=O)O)C(=O)NCC(=O)[C@@H](N)CO)C(=O)O. The molecule has 11 nitrogen and oxygen atoms in total. The van der Waals surface area contributed by atoms with E-state index in [1.54, 1.807) is 0 Å². The van der Waals surface area contributed by atoms with E-state index >= 15 is 0 Å². The summed E-state index contributed by atoms with van der Waals surface area (Å²) in [4.78, 5) is 57.4. The molecule has 0 saturated heterocycles. The van der Waals surface area contributed by atoms with Crippen molar-refractivity contribution in [2.75, 3.05) is 13.2 Å². The molecule has 1 amide bonds. The van der Waals surface area contributed by atoms with Crippen molar-refractivity contribution in [2.24, 2.45) is 17.6 Å². The number of nitrogens with one attached hydrogen (secondary N) is 1. The highest BCUT2D eigenvalue weighted by Gasteiger charge is 2.30. The van der Waals surface area contributed by atoms with Gasteiger partial charge in [-0.3, -0.25) is 24.0 Å². The minimum absolute atomic E-state index is 0.545. The van der Waals surface area contributed by atoms with Crippen LogP contribution >= 0.6 is 0 Å². The van der Waals surface area contributed by atoms with Crippen LogP contribution in [0.15, 0.2) is 0 Å². The van der Waals surface area contributed by atoms with E-state index in [9.17, 15) is 29.1 Å². The summed E-state index contributed by atoms with van der Waals surface area (Å²) in [6.45, 7) is 0.0292. The number of Topliss-reactive ketones (excluding diaryl/α,β-unsaturated/α-hetero) is 2. The van der Waals surface area contributed by atoms with Crippen LogP contribution in [0.5, 0.6) is 0 Å². The maximum absolute atomic E-state index is 12.0. The Balaban J connectivity index is 4.90. The summed E-state index contributed by atoms with van der Waals surface area (Å²) >= 11 is 0. The van der Waals surface area contributed by atoms with Crippen LogP contribution in [-0.4, -0.2) is 75.1 Å². The number of hydrogen-bond acceptors (Lipinski definition) is 8. The fourth-order valence-corrected chi connectivity index (χ4v) is 2.09. The molecular weight excluding hydrogens is 352 g/mol. The van der Waals surface area contributed by atoms with Crippen LogP contribution in [0.2, 0.25) is 0 Å². The highest BCUT2D eigenvalue weighted by Crippen LogP contribution is 2.16. The normalized spacial score (nSPS) is 15.4. The summed E-state index contributed by atoms with van der Waals surface area (Å²) < 4.78 is 0. The van der Waals surface area contributed by atoms with Gasteiger partial charge in [-0.1, -0.05) is 0 Å². The molecule has 0 aromatic rings. The molecule has 148 valence electrons. The molecule has 26 heavy (non-hydrogen) atoms. The van der Waals surface area contributed by atoms with Gasteiger partial charge >= 0.3 is 11.9 Å². The average molecular weight is 376 g/mol. The molecule has 0 bridgehead atoms. The number of aliphatic hydroxyl groups excluding tert-OH is 2. The first-order valence-corrected chi connectivity index (χ1v) is 7.80. The molecule has 0 rings (SSSR count). The van der Waals surface area contributed by atoms with Gasteiger partial charge < -0.3 is 31.5 Å². The second-order valence-corrected chi connectivity index (χ2v) is 5.90. The highest BCUT2D eigenvalue weighted by atomic mass is 16.4. The van der Waals surface area contributed by atoms with Crippen molar-refractivity contribution in [3.63, 3.8) is 0 Å². The van der Waals surface area contributed by atoms with Gasteiger partial charge in [0.15, 0.2) is 5.78 Å². The van der Waals surface area contributed by atoms with Crippen molar-refractivity contribution >= 4 is 29.4 Å². The Bertz CT molecular complexity index is 547. The number of aliphatic carboxylic acids is 2. The van der Waals surface area contributed by atoms with E-state index < -0.39 is 85.8 Å². The van der Waals surface area contributed by atoms with Crippen LogP contribution in [-0.2, 0) is 24.0 Å². The van der Waals surface area contributed by atoms with E-state index in [2.05, 4.69) is 5.32 Å². The molecule has 0 fully saturated rings. The minimum atomic E-state index is -1.39. The lowest BCUT2D eigenvalue weighted by Crippen LogP contribution is -2.43. The van der Waals surface area contributed by atoms with Crippen LogP contribution in [0.25, 0.3) is 0 Å². The lowest BCUT2D eigenvalue weighted by molar-refractivity contribution is -0.148. The van der Waals surface area contributed by atoms with Gasteiger partial charge in [-0.15, -0.1) is 0 Å². The van der Waals surface area contributed by atoms with Gasteiger partial charge in [-0.25, -0.2) is 0 Å². The first-order chi connectivity index (χ1) is 12.0. The standard InChI is InChI=1S/C15H24N2O9/c1-7(19)10(15(25)26)4-9(20)2-8(3-13(22)23)14(24)17-5-12(21)11(16)6-18/h7-8,10-11,18-19H,2-6,16H2,1H3,(H,17,24)(H,22,23)(H,25,26)/t7?,8-,10-,11-/m0/s1. The fraction of sp³-hybridized carbons (Fsp3) is 0.667. The second-order valence-electron chi connectivity index (χ2n) is 5.90. The predicted molar refractivity (Wildman–Crippen MR) is 85.9 cm³/mol. The van der Waals surface area contributed by atoms with Crippen molar-refractivity contribution in [1.82, 2.24) is 5.32 Å². The maximum atomic E-state index is 12.0. The topological polar surface area (TPSA) is 204 Å². The molecular formula is C15H24N2O9.